The van der Waals surface area contributed by atoms with Crippen LogP contribution in [0.2, 0.25) is 0 Å². The fraction of sp³-hybridized carbons (Fsp3) is 0.714. The lowest BCUT2D eigenvalue weighted by Crippen LogP contribution is -2.51. The number of amides is 2. The summed E-state index contributed by atoms with van der Waals surface area (Å²) < 4.78 is 0. The van der Waals surface area contributed by atoms with Gasteiger partial charge in [0.1, 0.15) is 0 Å². The summed E-state index contributed by atoms with van der Waals surface area (Å²) in [6.07, 6.45) is 4.78. The number of hydrogen-bond acceptors (Lipinski definition) is 2. The van der Waals surface area contributed by atoms with E-state index in [0.717, 1.165) is 19.3 Å². The molecule has 0 aliphatic carbocycles. The summed E-state index contributed by atoms with van der Waals surface area (Å²) in [5, 5.41) is 0. The summed E-state index contributed by atoms with van der Waals surface area (Å²) in [6, 6.07) is 0.187. The lowest BCUT2D eigenvalue weighted by molar-refractivity contribution is -0.154. The van der Waals surface area contributed by atoms with Gasteiger partial charge in [0.05, 0.1) is 0 Å². The van der Waals surface area contributed by atoms with Crippen LogP contribution in [0.5, 0.6) is 0 Å². The van der Waals surface area contributed by atoms with Gasteiger partial charge in [-0.2, -0.15) is 0 Å². The van der Waals surface area contributed by atoms with Crippen LogP contribution in [0.25, 0.3) is 0 Å². The highest BCUT2D eigenvalue weighted by molar-refractivity contribution is 6.35. The summed E-state index contributed by atoms with van der Waals surface area (Å²) in [5.41, 5.74) is 0. The van der Waals surface area contributed by atoms with Crippen molar-refractivity contribution in [2.45, 2.75) is 52.1 Å². The molecule has 0 aromatic heterocycles. The van der Waals surface area contributed by atoms with Crippen molar-refractivity contribution in [2.24, 2.45) is 0 Å². The van der Waals surface area contributed by atoms with Gasteiger partial charge in [-0.3, -0.25) is 9.59 Å². The maximum atomic E-state index is 12.2. The molecule has 1 saturated heterocycles. The Bertz CT molecular complexity index is 326. The minimum absolute atomic E-state index is 0.0135. The molecule has 0 aromatic carbocycles. The Balaban J connectivity index is 2.74. The van der Waals surface area contributed by atoms with Crippen molar-refractivity contribution < 1.29 is 9.59 Å². The molecule has 0 bridgehead atoms. The zero-order valence-corrected chi connectivity index (χ0v) is 11.7. The van der Waals surface area contributed by atoms with Gasteiger partial charge in [-0.25, -0.2) is 0 Å². The third-order valence-electron chi connectivity index (χ3n) is 3.46. The molecule has 1 fully saturated rings. The Morgan fingerprint density at radius 1 is 1.44 bits per heavy atom. The molecule has 18 heavy (non-hydrogen) atoms. The van der Waals surface area contributed by atoms with Crippen molar-refractivity contribution in [1.29, 1.82) is 0 Å². The van der Waals surface area contributed by atoms with Gasteiger partial charge in [-0.1, -0.05) is 6.08 Å². The van der Waals surface area contributed by atoms with Crippen molar-refractivity contribution in [3.8, 4) is 0 Å². The first-order valence-corrected chi connectivity index (χ1v) is 6.71. The molecule has 0 radical (unpaired) electrons. The number of carbonyl (C=O) groups excluding carboxylic acids is 2. The molecule has 0 aromatic rings. The monoisotopic (exact) mass is 252 g/mol. The molecule has 1 heterocycles. The maximum Gasteiger partial charge on any atom is 0.312 e. The van der Waals surface area contributed by atoms with E-state index in [0.29, 0.717) is 13.1 Å². The fourth-order valence-electron chi connectivity index (χ4n) is 2.31. The number of hydrogen-bond donors (Lipinski definition) is 0. The van der Waals surface area contributed by atoms with E-state index in [1.54, 1.807) is 15.9 Å². The van der Waals surface area contributed by atoms with E-state index >= 15 is 0 Å². The third-order valence-corrected chi connectivity index (χ3v) is 3.46. The van der Waals surface area contributed by atoms with Crippen LogP contribution in [0, 0.1) is 0 Å². The van der Waals surface area contributed by atoms with Gasteiger partial charge < -0.3 is 9.80 Å². The van der Waals surface area contributed by atoms with Gasteiger partial charge in [0.2, 0.25) is 0 Å². The molecule has 0 unspecified atom stereocenters. The van der Waals surface area contributed by atoms with Crippen LogP contribution in [0.4, 0.5) is 0 Å². The number of carbonyl (C=O) groups is 2. The van der Waals surface area contributed by atoms with E-state index in [4.69, 9.17) is 0 Å². The van der Waals surface area contributed by atoms with Crippen LogP contribution in [-0.2, 0) is 9.59 Å². The maximum absolute atomic E-state index is 12.2. The largest absolute Gasteiger partial charge is 0.332 e. The van der Waals surface area contributed by atoms with Gasteiger partial charge >= 0.3 is 11.8 Å². The lowest BCUT2D eigenvalue weighted by atomic mass is 10.0. The van der Waals surface area contributed by atoms with Crippen molar-refractivity contribution >= 4 is 11.8 Å². The number of piperidine rings is 1. The van der Waals surface area contributed by atoms with Crippen LogP contribution in [0.15, 0.2) is 12.7 Å². The highest BCUT2D eigenvalue weighted by Gasteiger charge is 2.31. The summed E-state index contributed by atoms with van der Waals surface area (Å²) in [4.78, 5) is 27.7. The summed E-state index contributed by atoms with van der Waals surface area (Å²) in [5.74, 6) is -0.767. The molecule has 1 atom stereocenters. The first-order valence-electron chi connectivity index (χ1n) is 6.71. The SMILES string of the molecule is C=CCN(C(=O)C(=O)N1CCCC[C@H]1C)C(C)C. The Hall–Kier alpha value is -1.32. The van der Waals surface area contributed by atoms with E-state index < -0.39 is 5.91 Å². The van der Waals surface area contributed by atoms with Crippen LogP contribution in [0.1, 0.15) is 40.0 Å². The Morgan fingerprint density at radius 3 is 2.61 bits per heavy atom. The Labute approximate surface area is 110 Å². The van der Waals surface area contributed by atoms with Crippen LogP contribution < -0.4 is 0 Å². The van der Waals surface area contributed by atoms with E-state index in [1.165, 1.54) is 0 Å². The molecule has 102 valence electrons. The number of nitrogens with zero attached hydrogens (tertiary/aromatic N) is 2. The molecule has 4 nitrogen and oxygen atoms in total. The molecular weight excluding hydrogens is 228 g/mol. The molecular formula is C14H24N2O2. The molecule has 0 spiro atoms. The number of rotatable bonds is 3. The van der Waals surface area contributed by atoms with Crippen molar-refractivity contribution in [2.75, 3.05) is 13.1 Å². The van der Waals surface area contributed by atoms with Gasteiger partial charge in [-0.05, 0) is 40.0 Å². The molecule has 0 N–H and O–H groups in total. The van der Waals surface area contributed by atoms with Crippen molar-refractivity contribution in [3.63, 3.8) is 0 Å². The average Bonchev–Trinajstić information content (AvgIpc) is 2.34. The normalized spacial score (nSPS) is 19.8. The topological polar surface area (TPSA) is 40.6 Å². The Kier molecular flexibility index (Phi) is 5.38. The zero-order chi connectivity index (χ0) is 13.7. The number of likely N-dealkylation sites (tertiary alicyclic amines) is 1. The molecule has 1 rings (SSSR count). The predicted octanol–water partition coefficient (Wildman–Crippen LogP) is 1.81. The second kappa shape index (κ2) is 6.57. The average molecular weight is 252 g/mol. The molecule has 1 aliphatic rings. The first-order chi connectivity index (χ1) is 8.49. The van der Waals surface area contributed by atoms with E-state index in [-0.39, 0.29) is 18.0 Å². The van der Waals surface area contributed by atoms with Gasteiger partial charge in [0.25, 0.3) is 0 Å². The summed E-state index contributed by atoms with van der Waals surface area (Å²) >= 11 is 0. The molecule has 1 aliphatic heterocycles. The quantitative estimate of drug-likeness (QED) is 0.568. The highest BCUT2D eigenvalue weighted by Crippen LogP contribution is 2.17. The minimum Gasteiger partial charge on any atom is -0.332 e. The second-order valence-electron chi connectivity index (χ2n) is 5.18. The van der Waals surface area contributed by atoms with E-state index in [1.807, 2.05) is 20.8 Å². The standard InChI is InChI=1S/C14H24N2O2/c1-5-9-15(11(2)3)13(17)14(18)16-10-7-6-8-12(16)4/h5,11-12H,1,6-10H2,2-4H3/t12-/m1/s1. The molecule has 2 amide bonds. The lowest BCUT2D eigenvalue weighted by Gasteiger charge is -2.35. The smallest absolute Gasteiger partial charge is 0.312 e. The summed E-state index contributed by atoms with van der Waals surface area (Å²) in [7, 11) is 0. The first kappa shape index (κ1) is 14.7. The Morgan fingerprint density at radius 2 is 2.11 bits per heavy atom. The van der Waals surface area contributed by atoms with Gasteiger partial charge in [-0.15, -0.1) is 6.58 Å². The molecule has 4 heteroatoms. The van der Waals surface area contributed by atoms with Crippen LogP contribution >= 0.6 is 0 Å². The highest BCUT2D eigenvalue weighted by atomic mass is 16.2. The van der Waals surface area contributed by atoms with Crippen LogP contribution in [0.3, 0.4) is 0 Å². The minimum atomic E-state index is -0.404. The predicted molar refractivity (Wildman–Crippen MR) is 72.1 cm³/mol. The van der Waals surface area contributed by atoms with Crippen LogP contribution in [-0.4, -0.2) is 46.8 Å². The second-order valence-corrected chi connectivity index (χ2v) is 5.18. The van der Waals surface area contributed by atoms with Crippen molar-refractivity contribution in [3.05, 3.63) is 12.7 Å². The fourth-order valence-corrected chi connectivity index (χ4v) is 2.31. The summed E-state index contributed by atoms with van der Waals surface area (Å²) in [6.45, 7) is 10.6. The van der Waals surface area contributed by atoms with Gasteiger partial charge in [0.15, 0.2) is 0 Å². The van der Waals surface area contributed by atoms with Gasteiger partial charge in [0, 0.05) is 25.2 Å². The van der Waals surface area contributed by atoms with E-state index in [9.17, 15) is 9.59 Å². The molecule has 0 saturated carbocycles. The van der Waals surface area contributed by atoms with E-state index in [2.05, 4.69) is 6.58 Å². The third kappa shape index (κ3) is 3.34. The van der Waals surface area contributed by atoms with Crippen molar-refractivity contribution in [1.82, 2.24) is 9.80 Å². The zero-order valence-electron chi connectivity index (χ0n) is 11.7.